The van der Waals surface area contributed by atoms with Crippen molar-refractivity contribution in [3.63, 3.8) is 0 Å². The lowest BCUT2D eigenvalue weighted by Gasteiger charge is -2.09. The van der Waals surface area contributed by atoms with Gasteiger partial charge in [-0.15, -0.1) is 0 Å². The number of carbonyl (C=O) groups is 1. The molecule has 0 heterocycles. The number of nitrogen functional groups attached to an aromatic ring is 2. The number of nitrogens with one attached hydrogen (secondary N) is 1. The van der Waals surface area contributed by atoms with E-state index in [0.29, 0.717) is 10.0 Å². The summed E-state index contributed by atoms with van der Waals surface area (Å²) in [5.74, 6) is -1.20. The van der Waals surface area contributed by atoms with E-state index >= 15 is 0 Å². The second-order valence-electron chi connectivity index (χ2n) is 2.60. The van der Waals surface area contributed by atoms with Gasteiger partial charge < -0.3 is 22.0 Å². The minimum Gasteiger partial charge on any atom is -0.478 e. The second-order valence-corrected chi connectivity index (χ2v) is 3.45. The van der Waals surface area contributed by atoms with E-state index in [-0.39, 0.29) is 16.9 Å². The van der Waals surface area contributed by atoms with Gasteiger partial charge in [-0.2, -0.15) is 0 Å². The van der Waals surface area contributed by atoms with Crippen LogP contribution in [-0.4, -0.2) is 17.3 Å². The lowest BCUT2D eigenvalue weighted by Crippen LogP contribution is -2.09. The lowest BCUT2D eigenvalue weighted by atomic mass is 10.1. The zero-order valence-corrected chi connectivity index (χ0v) is 8.63. The van der Waals surface area contributed by atoms with Gasteiger partial charge in [-0.25, -0.2) is 4.79 Å². The van der Waals surface area contributed by atoms with Crippen molar-refractivity contribution in [3.05, 3.63) is 21.7 Å². The summed E-state index contributed by atoms with van der Waals surface area (Å²) in [5, 5.41) is 15.9. The van der Waals surface area contributed by atoms with Gasteiger partial charge in [0.2, 0.25) is 0 Å². The van der Waals surface area contributed by atoms with Gasteiger partial charge in [-0.1, -0.05) is 0 Å². The number of hydrogen-bond acceptors (Lipinski definition) is 4. The highest BCUT2D eigenvalue weighted by atomic mass is 79.9. The Hall–Kier alpha value is -1.56. The molecule has 0 atom stereocenters. The van der Waals surface area contributed by atoms with Gasteiger partial charge in [0.05, 0.1) is 5.69 Å². The third kappa shape index (κ3) is 1.56. The maximum Gasteiger partial charge on any atom is 0.339 e. The van der Waals surface area contributed by atoms with Crippen molar-refractivity contribution in [2.75, 3.05) is 11.5 Å². The molecule has 1 rings (SSSR count). The third-order valence-electron chi connectivity index (χ3n) is 1.75. The number of aromatic carboxylic acids is 1. The van der Waals surface area contributed by atoms with E-state index in [0.717, 1.165) is 6.21 Å². The van der Waals surface area contributed by atoms with Crippen molar-refractivity contribution < 1.29 is 9.90 Å². The summed E-state index contributed by atoms with van der Waals surface area (Å²) in [7, 11) is 0. The number of rotatable bonds is 2. The van der Waals surface area contributed by atoms with Gasteiger partial charge in [0.1, 0.15) is 5.56 Å². The molecule has 0 aliphatic heterocycles. The van der Waals surface area contributed by atoms with Gasteiger partial charge >= 0.3 is 5.97 Å². The summed E-state index contributed by atoms with van der Waals surface area (Å²) in [6.07, 6.45) is 0.977. The predicted octanol–water partition coefficient (Wildman–Crippen LogP) is 1.31. The maximum atomic E-state index is 10.8. The number of halogens is 1. The van der Waals surface area contributed by atoms with Crippen molar-refractivity contribution in [1.82, 2.24) is 0 Å². The van der Waals surface area contributed by atoms with Gasteiger partial charge in [-0.05, 0) is 22.0 Å². The van der Waals surface area contributed by atoms with Crippen molar-refractivity contribution in [3.8, 4) is 0 Å². The Labute approximate surface area is 88.3 Å². The molecule has 14 heavy (non-hydrogen) atoms. The predicted molar refractivity (Wildman–Crippen MR) is 57.8 cm³/mol. The van der Waals surface area contributed by atoms with Crippen LogP contribution in [0.15, 0.2) is 10.5 Å². The first kappa shape index (κ1) is 10.5. The standard InChI is InChI=1S/C8H8BrN3O2/c9-4-1-5(11)6(8(13)14)7(12)3(4)2-10/h1-2,10H,11-12H2,(H,13,14). The zero-order valence-electron chi connectivity index (χ0n) is 7.04. The van der Waals surface area contributed by atoms with Gasteiger partial charge in [0.15, 0.2) is 0 Å². The largest absolute Gasteiger partial charge is 0.478 e. The van der Waals surface area contributed by atoms with Crippen LogP contribution in [0.3, 0.4) is 0 Å². The quantitative estimate of drug-likeness (QED) is 0.473. The Kier molecular flexibility index (Phi) is 2.76. The molecule has 0 saturated carbocycles. The Balaban J connectivity index is 3.60. The highest BCUT2D eigenvalue weighted by Gasteiger charge is 2.17. The summed E-state index contributed by atoms with van der Waals surface area (Å²) in [6.45, 7) is 0. The number of nitrogens with two attached hydrogens (primary N) is 2. The highest BCUT2D eigenvalue weighted by Crippen LogP contribution is 2.29. The van der Waals surface area contributed by atoms with Crippen molar-refractivity contribution >= 4 is 39.5 Å². The molecule has 0 saturated heterocycles. The maximum absolute atomic E-state index is 10.8. The molecule has 1 aromatic rings. The number of hydrogen-bond donors (Lipinski definition) is 4. The molecule has 1 aromatic carbocycles. The molecule has 0 radical (unpaired) electrons. The lowest BCUT2D eigenvalue weighted by molar-refractivity contribution is 0.0699. The van der Waals surface area contributed by atoms with Crippen LogP contribution < -0.4 is 11.5 Å². The molecule has 0 amide bonds. The monoisotopic (exact) mass is 257 g/mol. The summed E-state index contributed by atoms with van der Waals surface area (Å²) < 4.78 is 0.507. The number of anilines is 2. The molecule has 0 bridgehead atoms. The molecular formula is C8H8BrN3O2. The SMILES string of the molecule is N=Cc1c(Br)cc(N)c(C(=O)O)c1N. The summed E-state index contributed by atoms with van der Waals surface area (Å²) >= 11 is 3.14. The Bertz CT molecular complexity index is 418. The molecule has 74 valence electrons. The van der Waals surface area contributed by atoms with Gasteiger partial charge in [-0.3, -0.25) is 0 Å². The van der Waals surface area contributed by atoms with Gasteiger partial charge in [0, 0.05) is 21.9 Å². The summed E-state index contributed by atoms with van der Waals surface area (Å²) in [5.41, 5.74) is 11.3. The molecule has 0 unspecified atom stereocenters. The normalized spacial score (nSPS) is 9.79. The van der Waals surface area contributed by atoms with E-state index in [1.165, 1.54) is 6.07 Å². The van der Waals surface area contributed by atoms with E-state index in [9.17, 15) is 4.79 Å². The van der Waals surface area contributed by atoms with Crippen LogP contribution in [0.25, 0.3) is 0 Å². The number of carboxylic acid groups (broad SMARTS) is 1. The molecule has 6 N–H and O–H groups in total. The van der Waals surface area contributed by atoms with E-state index in [1.54, 1.807) is 0 Å². The molecule has 5 nitrogen and oxygen atoms in total. The smallest absolute Gasteiger partial charge is 0.339 e. The van der Waals surface area contributed by atoms with Crippen molar-refractivity contribution in [1.29, 1.82) is 5.41 Å². The third-order valence-corrected chi connectivity index (χ3v) is 2.40. The molecule has 0 aliphatic rings. The minimum atomic E-state index is -1.20. The van der Waals surface area contributed by atoms with Crippen LogP contribution in [-0.2, 0) is 0 Å². The molecule has 0 aliphatic carbocycles. The topological polar surface area (TPSA) is 113 Å². The molecule has 0 fully saturated rings. The van der Waals surface area contributed by atoms with Crippen LogP contribution in [0.5, 0.6) is 0 Å². The summed E-state index contributed by atoms with van der Waals surface area (Å²) in [4.78, 5) is 10.8. The fourth-order valence-corrected chi connectivity index (χ4v) is 1.67. The molecular weight excluding hydrogens is 250 g/mol. The Morgan fingerprint density at radius 3 is 2.57 bits per heavy atom. The Morgan fingerprint density at radius 1 is 1.57 bits per heavy atom. The fourth-order valence-electron chi connectivity index (χ4n) is 1.09. The van der Waals surface area contributed by atoms with Crippen molar-refractivity contribution in [2.24, 2.45) is 0 Å². The van der Waals surface area contributed by atoms with E-state index in [4.69, 9.17) is 22.0 Å². The Morgan fingerprint density at radius 2 is 2.14 bits per heavy atom. The van der Waals surface area contributed by atoms with Gasteiger partial charge in [0.25, 0.3) is 0 Å². The first-order valence-electron chi connectivity index (χ1n) is 3.60. The highest BCUT2D eigenvalue weighted by molar-refractivity contribution is 9.10. The molecule has 0 aromatic heterocycles. The fraction of sp³-hybridized carbons (Fsp3) is 0. The first-order chi connectivity index (χ1) is 6.49. The van der Waals surface area contributed by atoms with Crippen LogP contribution in [0, 0.1) is 5.41 Å². The van der Waals surface area contributed by atoms with Crippen LogP contribution >= 0.6 is 15.9 Å². The van der Waals surface area contributed by atoms with Crippen LogP contribution in [0.1, 0.15) is 15.9 Å². The number of carboxylic acids is 1. The van der Waals surface area contributed by atoms with Crippen LogP contribution in [0.4, 0.5) is 11.4 Å². The average Bonchev–Trinajstić information content (AvgIpc) is 2.02. The van der Waals surface area contributed by atoms with E-state index in [1.807, 2.05) is 0 Å². The molecule has 6 heteroatoms. The molecule has 0 spiro atoms. The average molecular weight is 258 g/mol. The zero-order chi connectivity index (χ0) is 10.9. The van der Waals surface area contributed by atoms with E-state index < -0.39 is 5.97 Å². The second kappa shape index (κ2) is 3.67. The van der Waals surface area contributed by atoms with Crippen LogP contribution in [0.2, 0.25) is 0 Å². The van der Waals surface area contributed by atoms with E-state index in [2.05, 4.69) is 15.9 Å². The first-order valence-corrected chi connectivity index (χ1v) is 4.39. The van der Waals surface area contributed by atoms with Crippen molar-refractivity contribution in [2.45, 2.75) is 0 Å². The minimum absolute atomic E-state index is 0.000579. The number of benzene rings is 1. The summed E-state index contributed by atoms with van der Waals surface area (Å²) in [6, 6.07) is 1.42.